The molecule has 0 saturated carbocycles. The first kappa shape index (κ1) is 11.5. The van der Waals surface area contributed by atoms with Crippen LogP contribution < -0.4 is 10.1 Å². The van der Waals surface area contributed by atoms with Crippen molar-refractivity contribution in [2.24, 2.45) is 0 Å². The Morgan fingerprint density at radius 2 is 2.07 bits per heavy atom. The zero-order chi connectivity index (χ0) is 10.9. The molecule has 80 valence electrons. The van der Waals surface area contributed by atoms with Crippen molar-refractivity contribution in [3.63, 3.8) is 0 Å². The highest BCUT2D eigenvalue weighted by Gasteiger charge is 1.93. The minimum absolute atomic E-state index is 0.744. The third-order valence-electron chi connectivity index (χ3n) is 1.93. The Morgan fingerprint density at radius 3 is 2.67 bits per heavy atom. The van der Waals surface area contributed by atoms with E-state index >= 15 is 0 Å². The van der Waals surface area contributed by atoms with E-state index in [1.54, 1.807) is 0 Å². The molecule has 2 heteroatoms. The predicted octanol–water partition coefficient (Wildman–Crippen LogP) is 2.91. The Kier molecular flexibility index (Phi) is 5.18. The van der Waals surface area contributed by atoms with E-state index in [1.807, 2.05) is 24.3 Å². The van der Waals surface area contributed by atoms with Crippen LogP contribution in [0.1, 0.15) is 19.8 Å². The van der Waals surface area contributed by atoms with Gasteiger partial charge in [0.1, 0.15) is 5.75 Å². The fourth-order valence-corrected chi connectivity index (χ4v) is 1.17. The molecule has 1 N–H and O–H groups in total. The lowest BCUT2D eigenvalue weighted by atomic mass is 10.3. The number of terminal acetylenes is 1. The van der Waals surface area contributed by atoms with Gasteiger partial charge in [-0.2, -0.15) is 0 Å². The maximum absolute atomic E-state index is 5.48. The summed E-state index contributed by atoms with van der Waals surface area (Å²) in [5, 5.41) is 3.23. The number of anilines is 1. The second-order valence-corrected chi connectivity index (χ2v) is 3.25. The molecule has 1 rings (SSSR count). The summed E-state index contributed by atoms with van der Waals surface area (Å²) in [6, 6.07) is 7.94. The maximum Gasteiger partial charge on any atom is 0.119 e. The number of hydrogen-bond donors (Lipinski definition) is 1. The lowest BCUT2D eigenvalue weighted by molar-refractivity contribution is 0.317. The first-order chi connectivity index (χ1) is 7.36. The summed E-state index contributed by atoms with van der Waals surface area (Å²) in [5.74, 6) is 3.51. The van der Waals surface area contributed by atoms with Gasteiger partial charge in [0.25, 0.3) is 0 Å². The van der Waals surface area contributed by atoms with E-state index in [2.05, 4.69) is 18.2 Å². The molecule has 0 unspecified atom stereocenters. The third kappa shape index (κ3) is 4.42. The first-order valence-corrected chi connectivity index (χ1v) is 5.27. The summed E-state index contributed by atoms with van der Waals surface area (Å²) >= 11 is 0. The van der Waals surface area contributed by atoms with Crippen LogP contribution in [0.3, 0.4) is 0 Å². The van der Waals surface area contributed by atoms with Gasteiger partial charge >= 0.3 is 0 Å². The van der Waals surface area contributed by atoms with Crippen LogP contribution in [0, 0.1) is 12.3 Å². The van der Waals surface area contributed by atoms with Crippen molar-refractivity contribution in [3.05, 3.63) is 24.3 Å². The van der Waals surface area contributed by atoms with Crippen molar-refractivity contribution < 1.29 is 4.74 Å². The van der Waals surface area contributed by atoms with Crippen LogP contribution in [0.2, 0.25) is 0 Å². The molecule has 0 heterocycles. The average molecular weight is 203 g/mol. The first-order valence-electron chi connectivity index (χ1n) is 5.27. The smallest absolute Gasteiger partial charge is 0.119 e. The summed E-state index contributed by atoms with van der Waals surface area (Å²) in [4.78, 5) is 0. The van der Waals surface area contributed by atoms with Crippen molar-refractivity contribution in [3.8, 4) is 18.1 Å². The van der Waals surface area contributed by atoms with Gasteiger partial charge in [0, 0.05) is 18.7 Å². The molecule has 0 aliphatic heterocycles. The van der Waals surface area contributed by atoms with E-state index in [9.17, 15) is 0 Å². The molecule has 1 aromatic carbocycles. The highest BCUT2D eigenvalue weighted by molar-refractivity contribution is 5.46. The molecule has 0 aliphatic rings. The van der Waals surface area contributed by atoms with Crippen LogP contribution in [0.4, 0.5) is 5.69 Å². The summed E-state index contributed by atoms with van der Waals surface area (Å²) in [6.45, 7) is 3.67. The molecule has 0 aromatic heterocycles. The van der Waals surface area contributed by atoms with Gasteiger partial charge in [-0.25, -0.2) is 0 Å². The van der Waals surface area contributed by atoms with Crippen LogP contribution in [0.15, 0.2) is 24.3 Å². The molecular formula is C13H17NO. The van der Waals surface area contributed by atoms with E-state index in [0.29, 0.717) is 0 Å². The summed E-state index contributed by atoms with van der Waals surface area (Å²) in [6.07, 6.45) is 6.94. The topological polar surface area (TPSA) is 21.3 Å². The highest BCUT2D eigenvalue weighted by Crippen LogP contribution is 2.15. The van der Waals surface area contributed by atoms with Crippen molar-refractivity contribution in [1.82, 2.24) is 0 Å². The lowest BCUT2D eigenvalue weighted by Gasteiger charge is -2.07. The quantitative estimate of drug-likeness (QED) is 0.567. The molecule has 0 fully saturated rings. The van der Waals surface area contributed by atoms with Crippen molar-refractivity contribution in [1.29, 1.82) is 0 Å². The van der Waals surface area contributed by atoms with Crippen LogP contribution in [-0.4, -0.2) is 13.2 Å². The van der Waals surface area contributed by atoms with Crippen LogP contribution in [0.25, 0.3) is 0 Å². The normalized spacial score (nSPS) is 9.33. The molecule has 1 aromatic rings. The second-order valence-electron chi connectivity index (χ2n) is 3.25. The molecule has 0 amide bonds. The highest BCUT2D eigenvalue weighted by atomic mass is 16.5. The fraction of sp³-hybridized carbons (Fsp3) is 0.385. The van der Waals surface area contributed by atoms with Crippen LogP contribution in [-0.2, 0) is 0 Å². The SMILES string of the molecule is C#CCCNc1ccc(OCCC)cc1. The van der Waals surface area contributed by atoms with Crippen LogP contribution in [0.5, 0.6) is 5.75 Å². The Labute approximate surface area is 91.6 Å². The molecular weight excluding hydrogens is 186 g/mol. The van der Waals surface area contributed by atoms with Gasteiger partial charge in [0.2, 0.25) is 0 Å². The van der Waals surface area contributed by atoms with E-state index < -0.39 is 0 Å². The van der Waals surface area contributed by atoms with Crippen molar-refractivity contribution >= 4 is 5.69 Å². The Balaban J connectivity index is 2.39. The van der Waals surface area contributed by atoms with E-state index in [0.717, 1.165) is 37.4 Å². The van der Waals surface area contributed by atoms with Gasteiger partial charge in [0.15, 0.2) is 0 Å². The minimum atomic E-state index is 0.744. The van der Waals surface area contributed by atoms with Gasteiger partial charge < -0.3 is 10.1 Å². The Hall–Kier alpha value is -1.62. The Bertz CT molecular complexity index is 310. The van der Waals surface area contributed by atoms with E-state index in [4.69, 9.17) is 11.2 Å². The number of nitrogens with one attached hydrogen (secondary N) is 1. The second kappa shape index (κ2) is 6.78. The largest absolute Gasteiger partial charge is 0.494 e. The fourth-order valence-electron chi connectivity index (χ4n) is 1.17. The summed E-state index contributed by atoms with van der Waals surface area (Å²) < 4.78 is 5.48. The average Bonchev–Trinajstić information content (AvgIpc) is 2.28. The molecule has 0 spiro atoms. The van der Waals surface area contributed by atoms with Gasteiger partial charge in [-0.3, -0.25) is 0 Å². The summed E-state index contributed by atoms with van der Waals surface area (Å²) in [7, 11) is 0. The molecule has 0 bridgehead atoms. The molecule has 0 aliphatic carbocycles. The lowest BCUT2D eigenvalue weighted by Crippen LogP contribution is -2.00. The number of benzene rings is 1. The Morgan fingerprint density at radius 1 is 1.33 bits per heavy atom. The molecule has 0 atom stereocenters. The van der Waals surface area contributed by atoms with Gasteiger partial charge in [-0.1, -0.05) is 6.92 Å². The summed E-state index contributed by atoms with van der Waals surface area (Å²) in [5.41, 5.74) is 1.08. The molecule has 2 nitrogen and oxygen atoms in total. The number of ether oxygens (including phenoxy) is 1. The van der Waals surface area contributed by atoms with Gasteiger partial charge in [-0.15, -0.1) is 12.3 Å². The standard InChI is InChI=1S/C13H17NO/c1-3-5-10-14-12-6-8-13(9-7-12)15-11-4-2/h1,6-9,14H,4-5,10-11H2,2H3. The monoisotopic (exact) mass is 203 g/mol. The number of hydrogen-bond acceptors (Lipinski definition) is 2. The zero-order valence-electron chi connectivity index (χ0n) is 9.12. The minimum Gasteiger partial charge on any atom is -0.494 e. The molecule has 15 heavy (non-hydrogen) atoms. The number of rotatable bonds is 6. The van der Waals surface area contributed by atoms with Gasteiger partial charge in [-0.05, 0) is 30.7 Å². The van der Waals surface area contributed by atoms with E-state index in [1.165, 1.54) is 0 Å². The molecule has 0 saturated heterocycles. The maximum atomic E-state index is 5.48. The molecule has 0 radical (unpaired) electrons. The predicted molar refractivity (Wildman–Crippen MR) is 64.2 cm³/mol. The third-order valence-corrected chi connectivity index (χ3v) is 1.93. The van der Waals surface area contributed by atoms with Gasteiger partial charge in [0.05, 0.1) is 6.61 Å². The van der Waals surface area contributed by atoms with E-state index in [-0.39, 0.29) is 0 Å². The zero-order valence-corrected chi connectivity index (χ0v) is 9.12. The van der Waals surface area contributed by atoms with Crippen molar-refractivity contribution in [2.75, 3.05) is 18.5 Å². The van der Waals surface area contributed by atoms with Crippen molar-refractivity contribution in [2.45, 2.75) is 19.8 Å². The van der Waals surface area contributed by atoms with Crippen LogP contribution >= 0.6 is 0 Å².